The van der Waals surface area contributed by atoms with Crippen LogP contribution < -0.4 is 10.2 Å². The quantitative estimate of drug-likeness (QED) is 0.785. The van der Waals surface area contributed by atoms with Gasteiger partial charge in [0.2, 0.25) is 0 Å². The average molecular weight is 367 g/mol. The van der Waals surface area contributed by atoms with Crippen LogP contribution in [0.2, 0.25) is 0 Å². The highest BCUT2D eigenvalue weighted by atomic mass is 35.5. The Morgan fingerprint density at radius 1 is 1.33 bits per heavy atom. The molecule has 4 nitrogen and oxygen atoms in total. The molecule has 0 radical (unpaired) electrons. The lowest BCUT2D eigenvalue weighted by atomic mass is 10.1. The molecule has 1 aromatic carbocycles. The smallest absolute Gasteiger partial charge is 0.390 e. The van der Waals surface area contributed by atoms with Crippen molar-refractivity contribution in [2.45, 2.75) is 38.3 Å². The molecule has 8 heteroatoms. The van der Waals surface area contributed by atoms with Crippen LogP contribution in [-0.2, 0) is 10.9 Å². The van der Waals surface area contributed by atoms with Crippen LogP contribution in [-0.4, -0.2) is 48.9 Å². The van der Waals surface area contributed by atoms with Crippen molar-refractivity contribution in [2.75, 3.05) is 35.7 Å². The molecular weight excluding hydrogens is 345 g/mol. The predicted octanol–water partition coefficient (Wildman–Crippen LogP) is 3.33. The zero-order valence-corrected chi connectivity index (χ0v) is 14.4. The van der Waals surface area contributed by atoms with Crippen LogP contribution >= 0.6 is 11.6 Å². The number of alkyl halides is 4. The summed E-state index contributed by atoms with van der Waals surface area (Å²) in [5.41, 5.74) is 0.255. The van der Waals surface area contributed by atoms with Crippen LogP contribution in [0.1, 0.15) is 19.4 Å². The van der Waals surface area contributed by atoms with Crippen LogP contribution in [0, 0.1) is 0 Å². The zero-order valence-electron chi connectivity index (χ0n) is 13.6. The highest BCUT2D eigenvalue weighted by Crippen LogP contribution is 2.36. The molecule has 0 saturated carbocycles. The van der Waals surface area contributed by atoms with Gasteiger partial charge in [0.1, 0.15) is 0 Å². The number of nitrogens with zero attached hydrogens (tertiary/aromatic N) is 1. The standard InChI is InChI=1S/C16H22ClF3N2O2/c1-10-8-22(9-11(2)24-10)15-4-3-12(16(18,19)20)5-14(15)21-7-13(23)6-17/h3-5,10-11,13,21,23H,6-9H2,1-2H3. The van der Waals surface area contributed by atoms with E-state index >= 15 is 0 Å². The molecule has 1 aliphatic rings. The van der Waals surface area contributed by atoms with E-state index in [1.54, 1.807) is 0 Å². The topological polar surface area (TPSA) is 44.7 Å². The minimum atomic E-state index is -4.42. The highest BCUT2D eigenvalue weighted by molar-refractivity contribution is 6.18. The van der Waals surface area contributed by atoms with Gasteiger partial charge in [0.05, 0.1) is 41.1 Å². The minimum absolute atomic E-state index is 0.00686. The summed E-state index contributed by atoms with van der Waals surface area (Å²) in [6.07, 6.45) is -5.29. The first kappa shape index (κ1) is 19.1. The first-order valence-corrected chi connectivity index (χ1v) is 8.33. The number of rotatable bonds is 5. The summed E-state index contributed by atoms with van der Waals surface area (Å²) in [5.74, 6) is 0.00686. The monoisotopic (exact) mass is 366 g/mol. The fourth-order valence-electron chi connectivity index (χ4n) is 2.79. The Morgan fingerprint density at radius 2 is 1.96 bits per heavy atom. The van der Waals surface area contributed by atoms with Crippen molar-refractivity contribution in [3.05, 3.63) is 23.8 Å². The van der Waals surface area contributed by atoms with Crippen molar-refractivity contribution in [3.8, 4) is 0 Å². The predicted molar refractivity (Wildman–Crippen MR) is 88.9 cm³/mol. The lowest BCUT2D eigenvalue weighted by Crippen LogP contribution is -2.45. The van der Waals surface area contributed by atoms with Crippen LogP contribution in [0.3, 0.4) is 0 Å². The van der Waals surface area contributed by atoms with Gasteiger partial charge >= 0.3 is 6.18 Å². The van der Waals surface area contributed by atoms with Gasteiger partial charge in [-0.1, -0.05) is 0 Å². The Bertz CT molecular complexity index is 547. The van der Waals surface area contributed by atoms with Crippen molar-refractivity contribution >= 4 is 23.0 Å². The maximum Gasteiger partial charge on any atom is 0.416 e. The molecular formula is C16H22ClF3N2O2. The molecule has 1 heterocycles. The second kappa shape index (κ2) is 7.80. The SMILES string of the molecule is CC1CN(c2ccc(C(F)(F)F)cc2NCC(O)CCl)CC(C)O1. The minimum Gasteiger partial charge on any atom is -0.390 e. The Morgan fingerprint density at radius 3 is 2.50 bits per heavy atom. The molecule has 2 rings (SSSR count). The summed E-state index contributed by atoms with van der Waals surface area (Å²) in [6, 6.07) is 3.60. The third-order valence-electron chi connectivity index (χ3n) is 3.79. The van der Waals surface area contributed by atoms with Crippen molar-refractivity contribution in [3.63, 3.8) is 0 Å². The summed E-state index contributed by atoms with van der Waals surface area (Å²) in [6.45, 7) is 5.10. The van der Waals surface area contributed by atoms with Gasteiger partial charge in [-0.25, -0.2) is 0 Å². The summed E-state index contributed by atoms with van der Waals surface area (Å²) < 4.78 is 44.7. The molecule has 1 aliphatic heterocycles. The normalized spacial score (nSPS) is 23.2. The molecule has 0 spiro atoms. The Hall–Kier alpha value is -1.18. The Kier molecular flexibility index (Phi) is 6.22. The molecule has 3 unspecified atom stereocenters. The molecule has 0 aromatic heterocycles. The maximum absolute atomic E-state index is 13.0. The number of aliphatic hydroxyl groups is 1. The van der Waals surface area contributed by atoms with E-state index in [-0.39, 0.29) is 24.6 Å². The van der Waals surface area contributed by atoms with Crippen LogP contribution in [0.4, 0.5) is 24.5 Å². The molecule has 0 amide bonds. The summed E-state index contributed by atoms with van der Waals surface area (Å²) >= 11 is 5.55. The van der Waals surface area contributed by atoms with E-state index in [0.717, 1.165) is 12.1 Å². The van der Waals surface area contributed by atoms with Gasteiger partial charge in [0, 0.05) is 19.6 Å². The van der Waals surface area contributed by atoms with E-state index in [1.807, 2.05) is 18.7 Å². The Labute approximate surface area is 144 Å². The summed E-state index contributed by atoms with van der Waals surface area (Å²) in [7, 11) is 0. The fourth-order valence-corrected chi connectivity index (χ4v) is 2.90. The van der Waals surface area contributed by atoms with E-state index in [2.05, 4.69) is 5.32 Å². The molecule has 1 aromatic rings. The number of halogens is 4. The summed E-state index contributed by atoms with van der Waals surface area (Å²) in [4.78, 5) is 1.99. The van der Waals surface area contributed by atoms with E-state index in [0.29, 0.717) is 24.5 Å². The molecule has 136 valence electrons. The maximum atomic E-state index is 13.0. The summed E-state index contributed by atoms with van der Waals surface area (Å²) in [5, 5.41) is 12.5. The number of nitrogens with one attached hydrogen (secondary N) is 1. The molecule has 3 atom stereocenters. The lowest BCUT2D eigenvalue weighted by Gasteiger charge is -2.38. The number of benzene rings is 1. The van der Waals surface area contributed by atoms with Gasteiger partial charge in [-0.15, -0.1) is 11.6 Å². The van der Waals surface area contributed by atoms with E-state index in [4.69, 9.17) is 16.3 Å². The Balaban J connectivity index is 2.30. The van der Waals surface area contributed by atoms with E-state index in [9.17, 15) is 18.3 Å². The number of ether oxygens (including phenoxy) is 1. The number of hydrogen-bond acceptors (Lipinski definition) is 4. The largest absolute Gasteiger partial charge is 0.416 e. The molecule has 0 bridgehead atoms. The van der Waals surface area contributed by atoms with Crippen molar-refractivity contribution in [1.82, 2.24) is 0 Å². The van der Waals surface area contributed by atoms with E-state index in [1.165, 1.54) is 6.07 Å². The fraction of sp³-hybridized carbons (Fsp3) is 0.625. The van der Waals surface area contributed by atoms with E-state index < -0.39 is 17.8 Å². The number of hydrogen-bond donors (Lipinski definition) is 2. The van der Waals surface area contributed by atoms with Gasteiger partial charge in [0.15, 0.2) is 0 Å². The van der Waals surface area contributed by atoms with Gasteiger partial charge in [-0.05, 0) is 32.0 Å². The van der Waals surface area contributed by atoms with Crippen LogP contribution in [0.15, 0.2) is 18.2 Å². The van der Waals surface area contributed by atoms with Crippen molar-refractivity contribution < 1.29 is 23.0 Å². The highest BCUT2D eigenvalue weighted by Gasteiger charge is 2.32. The van der Waals surface area contributed by atoms with Gasteiger partial charge in [0.25, 0.3) is 0 Å². The molecule has 1 saturated heterocycles. The van der Waals surface area contributed by atoms with Gasteiger partial charge in [-0.3, -0.25) is 0 Å². The molecule has 2 N–H and O–H groups in total. The third kappa shape index (κ3) is 4.91. The van der Waals surface area contributed by atoms with Gasteiger partial charge in [-0.2, -0.15) is 13.2 Å². The van der Waals surface area contributed by atoms with Crippen molar-refractivity contribution in [2.24, 2.45) is 0 Å². The molecule has 1 fully saturated rings. The number of aliphatic hydroxyl groups excluding tert-OH is 1. The second-order valence-corrected chi connectivity index (χ2v) is 6.39. The van der Waals surface area contributed by atoms with Crippen LogP contribution in [0.25, 0.3) is 0 Å². The van der Waals surface area contributed by atoms with Gasteiger partial charge < -0.3 is 20.1 Å². The lowest BCUT2D eigenvalue weighted by molar-refractivity contribution is -0.137. The number of morpholine rings is 1. The average Bonchev–Trinajstić information content (AvgIpc) is 2.50. The molecule has 24 heavy (non-hydrogen) atoms. The van der Waals surface area contributed by atoms with Crippen LogP contribution in [0.5, 0.6) is 0 Å². The number of anilines is 2. The van der Waals surface area contributed by atoms with Crippen molar-refractivity contribution in [1.29, 1.82) is 0 Å². The third-order valence-corrected chi connectivity index (χ3v) is 4.15. The molecule has 0 aliphatic carbocycles. The second-order valence-electron chi connectivity index (χ2n) is 6.08. The first-order valence-electron chi connectivity index (χ1n) is 7.80. The zero-order chi connectivity index (χ0) is 17.9. The first-order chi connectivity index (χ1) is 11.2.